The summed E-state index contributed by atoms with van der Waals surface area (Å²) in [6, 6.07) is -0.634. The van der Waals surface area contributed by atoms with Crippen LogP contribution in [-0.4, -0.2) is 47.4 Å². The molecule has 0 aromatic carbocycles. The number of aliphatic hydroxyl groups is 2. The van der Waals surface area contributed by atoms with Crippen LogP contribution in [0.15, 0.2) is 36.5 Å². The number of unbranched alkanes of at least 4 members (excludes halogenated alkanes) is 44. The number of ether oxygens (including phenoxy) is 1. The fraction of sp³-hybridized carbons (Fsp3) is 0.877. The average molecular weight is 999 g/mol. The predicted molar refractivity (Wildman–Crippen MR) is 310 cm³/mol. The summed E-state index contributed by atoms with van der Waals surface area (Å²) in [6.07, 6.45) is 76.1. The number of allylic oxidation sites excluding steroid dienone is 5. The molecule has 0 aromatic rings. The van der Waals surface area contributed by atoms with Gasteiger partial charge in [-0.25, -0.2) is 0 Å². The molecule has 2 unspecified atom stereocenters. The second kappa shape index (κ2) is 60.6. The van der Waals surface area contributed by atoms with Crippen molar-refractivity contribution in [3.05, 3.63) is 36.5 Å². The van der Waals surface area contributed by atoms with E-state index in [0.717, 1.165) is 51.4 Å². The number of amides is 1. The lowest BCUT2D eigenvalue weighted by Crippen LogP contribution is -2.45. The first-order chi connectivity index (χ1) is 35.0. The molecule has 0 aromatic heterocycles. The molecule has 0 fully saturated rings. The molecule has 3 N–H and O–H groups in total. The van der Waals surface area contributed by atoms with E-state index < -0.39 is 12.1 Å². The minimum Gasteiger partial charge on any atom is -0.466 e. The molecule has 0 aliphatic heterocycles. The fourth-order valence-electron chi connectivity index (χ4n) is 9.74. The smallest absolute Gasteiger partial charge is 0.305 e. The number of aliphatic hydroxyl groups excluding tert-OH is 2. The van der Waals surface area contributed by atoms with E-state index in [1.54, 1.807) is 6.08 Å². The zero-order valence-corrected chi connectivity index (χ0v) is 47.7. The lowest BCUT2D eigenvalue weighted by molar-refractivity contribution is -0.143. The van der Waals surface area contributed by atoms with Gasteiger partial charge in [0.05, 0.1) is 25.4 Å². The van der Waals surface area contributed by atoms with Crippen LogP contribution < -0.4 is 5.32 Å². The molecule has 1 amide bonds. The molecule has 0 aliphatic carbocycles. The molecule has 2 atom stereocenters. The molecule has 0 rings (SSSR count). The van der Waals surface area contributed by atoms with Crippen molar-refractivity contribution in [1.82, 2.24) is 5.32 Å². The molecular formula is C65H123NO5. The maximum Gasteiger partial charge on any atom is 0.305 e. The molecule has 0 heterocycles. The Morgan fingerprint density at radius 1 is 0.380 bits per heavy atom. The normalized spacial score (nSPS) is 12.8. The van der Waals surface area contributed by atoms with E-state index in [2.05, 4.69) is 43.5 Å². The third-order valence-corrected chi connectivity index (χ3v) is 14.6. The number of hydrogen-bond acceptors (Lipinski definition) is 5. The molecule has 418 valence electrons. The van der Waals surface area contributed by atoms with Gasteiger partial charge in [-0.3, -0.25) is 9.59 Å². The largest absolute Gasteiger partial charge is 0.466 e. The van der Waals surface area contributed by atoms with E-state index in [4.69, 9.17) is 4.74 Å². The number of carbonyl (C=O) groups excluding carboxylic acids is 2. The Hall–Kier alpha value is -1.92. The van der Waals surface area contributed by atoms with Crippen LogP contribution in [-0.2, 0) is 14.3 Å². The van der Waals surface area contributed by atoms with Gasteiger partial charge in [-0.15, -0.1) is 0 Å². The zero-order valence-electron chi connectivity index (χ0n) is 47.7. The minimum absolute atomic E-state index is 0.00439. The van der Waals surface area contributed by atoms with E-state index in [1.807, 2.05) is 6.08 Å². The van der Waals surface area contributed by atoms with E-state index in [0.29, 0.717) is 19.4 Å². The zero-order chi connectivity index (χ0) is 51.4. The van der Waals surface area contributed by atoms with Crippen molar-refractivity contribution in [3.63, 3.8) is 0 Å². The van der Waals surface area contributed by atoms with Crippen molar-refractivity contribution >= 4 is 11.9 Å². The first-order valence-corrected chi connectivity index (χ1v) is 31.8. The van der Waals surface area contributed by atoms with Crippen LogP contribution in [0.3, 0.4) is 0 Å². The van der Waals surface area contributed by atoms with Crippen molar-refractivity contribution in [2.75, 3.05) is 13.2 Å². The highest BCUT2D eigenvalue weighted by molar-refractivity contribution is 5.76. The summed E-state index contributed by atoms with van der Waals surface area (Å²) in [7, 11) is 0. The Bertz CT molecular complexity index is 1150. The summed E-state index contributed by atoms with van der Waals surface area (Å²) in [5.41, 5.74) is 0. The van der Waals surface area contributed by atoms with Crippen LogP contribution in [0.1, 0.15) is 341 Å². The lowest BCUT2D eigenvalue weighted by atomic mass is 10.0. The van der Waals surface area contributed by atoms with Gasteiger partial charge in [0, 0.05) is 12.8 Å². The molecule has 71 heavy (non-hydrogen) atoms. The highest BCUT2D eigenvalue weighted by Gasteiger charge is 2.18. The predicted octanol–water partition coefficient (Wildman–Crippen LogP) is 20.0. The van der Waals surface area contributed by atoms with Crippen LogP contribution in [0, 0.1) is 0 Å². The molecular weight excluding hydrogens is 875 g/mol. The first-order valence-electron chi connectivity index (χ1n) is 31.8. The Balaban J connectivity index is 3.44. The number of carbonyl (C=O) groups is 2. The van der Waals surface area contributed by atoms with Gasteiger partial charge in [0.25, 0.3) is 0 Å². The van der Waals surface area contributed by atoms with Gasteiger partial charge in [-0.05, 0) is 83.5 Å². The molecule has 0 aliphatic rings. The standard InChI is InChI=1S/C65H123NO5/c1-3-5-7-9-11-13-15-17-19-26-31-35-39-43-47-51-55-59-65(70)71-60-56-52-48-44-40-36-32-28-25-23-21-22-24-27-30-34-38-42-46-50-54-58-64(69)66-62(61-67)63(68)57-53-49-45-41-37-33-29-20-18-16-14-12-10-8-6-4-2/h17,19,22,24,53,57,62-63,67-68H,3-16,18,20-21,23,25-52,54-56,58-61H2,1-2H3,(H,66,69)/b19-17-,24-22-,57-53+. The topological polar surface area (TPSA) is 95.9 Å². The average Bonchev–Trinajstić information content (AvgIpc) is 3.37. The van der Waals surface area contributed by atoms with Crippen molar-refractivity contribution in [1.29, 1.82) is 0 Å². The van der Waals surface area contributed by atoms with Gasteiger partial charge in [0.15, 0.2) is 0 Å². The van der Waals surface area contributed by atoms with E-state index in [9.17, 15) is 19.8 Å². The van der Waals surface area contributed by atoms with Gasteiger partial charge in [-0.1, -0.05) is 281 Å². The van der Waals surface area contributed by atoms with Crippen molar-refractivity contribution < 1.29 is 24.5 Å². The minimum atomic E-state index is -0.850. The maximum atomic E-state index is 12.5. The third-order valence-electron chi connectivity index (χ3n) is 14.6. The molecule has 0 spiro atoms. The number of nitrogens with one attached hydrogen (secondary N) is 1. The third kappa shape index (κ3) is 57.2. The van der Waals surface area contributed by atoms with Crippen molar-refractivity contribution in [3.8, 4) is 0 Å². The Morgan fingerprint density at radius 2 is 0.662 bits per heavy atom. The lowest BCUT2D eigenvalue weighted by Gasteiger charge is -2.20. The van der Waals surface area contributed by atoms with Gasteiger partial charge < -0.3 is 20.3 Å². The van der Waals surface area contributed by atoms with Crippen LogP contribution in [0.5, 0.6) is 0 Å². The van der Waals surface area contributed by atoms with Crippen LogP contribution in [0.25, 0.3) is 0 Å². The highest BCUT2D eigenvalue weighted by Crippen LogP contribution is 2.17. The maximum absolute atomic E-state index is 12.5. The van der Waals surface area contributed by atoms with Gasteiger partial charge in [0.2, 0.25) is 5.91 Å². The quantitative estimate of drug-likeness (QED) is 0.0321. The summed E-state index contributed by atoms with van der Waals surface area (Å²) < 4.78 is 5.49. The Labute approximate surface area is 443 Å². The molecule has 0 radical (unpaired) electrons. The monoisotopic (exact) mass is 998 g/mol. The van der Waals surface area contributed by atoms with E-state index in [-0.39, 0.29) is 18.5 Å². The van der Waals surface area contributed by atoms with Crippen LogP contribution >= 0.6 is 0 Å². The molecule has 6 heteroatoms. The highest BCUT2D eigenvalue weighted by atomic mass is 16.5. The van der Waals surface area contributed by atoms with Crippen molar-refractivity contribution in [2.45, 2.75) is 353 Å². The fourth-order valence-corrected chi connectivity index (χ4v) is 9.74. The van der Waals surface area contributed by atoms with Gasteiger partial charge >= 0.3 is 5.97 Å². The number of esters is 1. The van der Waals surface area contributed by atoms with Gasteiger partial charge in [0.1, 0.15) is 0 Å². The molecule has 0 saturated heterocycles. The summed E-state index contributed by atoms with van der Waals surface area (Å²) in [5.74, 6) is -0.0700. The number of hydrogen-bond donors (Lipinski definition) is 3. The second-order valence-corrected chi connectivity index (χ2v) is 21.7. The number of rotatable bonds is 59. The summed E-state index contributed by atoms with van der Waals surface area (Å²) in [4.78, 5) is 24.6. The summed E-state index contributed by atoms with van der Waals surface area (Å²) >= 11 is 0. The van der Waals surface area contributed by atoms with Crippen LogP contribution in [0.4, 0.5) is 0 Å². The molecule has 0 bridgehead atoms. The van der Waals surface area contributed by atoms with E-state index in [1.165, 1.54) is 263 Å². The van der Waals surface area contributed by atoms with Crippen LogP contribution in [0.2, 0.25) is 0 Å². The summed E-state index contributed by atoms with van der Waals surface area (Å²) in [6.45, 7) is 4.91. The van der Waals surface area contributed by atoms with Crippen molar-refractivity contribution in [2.24, 2.45) is 0 Å². The van der Waals surface area contributed by atoms with Gasteiger partial charge in [-0.2, -0.15) is 0 Å². The Kier molecular flexibility index (Phi) is 59.0. The summed E-state index contributed by atoms with van der Waals surface area (Å²) in [5, 5.41) is 23.1. The first kappa shape index (κ1) is 69.1. The molecule has 0 saturated carbocycles. The second-order valence-electron chi connectivity index (χ2n) is 21.7. The Morgan fingerprint density at radius 3 is 1.00 bits per heavy atom. The molecule has 6 nitrogen and oxygen atoms in total. The SMILES string of the molecule is CCCCCCCC/C=C\CCCCCCCCCC(=O)OCCCCCCCCCCCC/C=C\CCCCCCCCCC(=O)NC(CO)C(O)/C=C/CCCCCCCCCCCCCCCC. The van der Waals surface area contributed by atoms with E-state index >= 15 is 0 Å².